The zero-order valence-electron chi connectivity index (χ0n) is 20.7. The van der Waals surface area contributed by atoms with Gasteiger partial charge in [0, 0.05) is 23.7 Å². The number of rotatable bonds is 11. The minimum atomic E-state index is -4.36. The van der Waals surface area contributed by atoms with Crippen molar-refractivity contribution in [1.82, 2.24) is 19.6 Å². The fourth-order valence-corrected chi connectivity index (χ4v) is 5.53. The molecule has 0 amide bonds. The highest BCUT2D eigenvalue weighted by molar-refractivity contribution is 7.23. The summed E-state index contributed by atoms with van der Waals surface area (Å²) in [5, 5.41) is 2.32. The van der Waals surface area contributed by atoms with Gasteiger partial charge in [0.25, 0.3) is 0 Å². The van der Waals surface area contributed by atoms with Crippen molar-refractivity contribution < 1.29 is 18.0 Å². The van der Waals surface area contributed by atoms with Gasteiger partial charge < -0.3 is 10.2 Å². The predicted octanol–water partition coefficient (Wildman–Crippen LogP) is 6.73. The van der Waals surface area contributed by atoms with Crippen molar-refractivity contribution in [2.75, 3.05) is 26.7 Å². The number of halogens is 3. The van der Waals surface area contributed by atoms with E-state index in [9.17, 15) is 18.0 Å². The molecule has 192 valence electrons. The molecule has 1 atom stereocenters. The first-order chi connectivity index (χ1) is 17.2. The lowest BCUT2D eigenvalue weighted by molar-refractivity contribution is -0.156. The van der Waals surface area contributed by atoms with E-state index < -0.39 is 12.2 Å². The van der Waals surface area contributed by atoms with Gasteiger partial charge in [0.15, 0.2) is 10.7 Å². The molecule has 9 heteroatoms. The van der Waals surface area contributed by atoms with Crippen LogP contribution in [0.5, 0.6) is 0 Å². The Morgan fingerprint density at radius 3 is 2.47 bits per heavy atom. The van der Waals surface area contributed by atoms with Crippen molar-refractivity contribution in [1.29, 1.82) is 0 Å². The Kier molecular flexibility index (Phi) is 8.12. The van der Waals surface area contributed by atoms with Crippen LogP contribution in [0.3, 0.4) is 0 Å². The van der Waals surface area contributed by atoms with Crippen molar-refractivity contribution >= 4 is 32.3 Å². The van der Waals surface area contributed by atoms with E-state index in [2.05, 4.69) is 29.0 Å². The number of fused-ring (bicyclic) bond motifs is 3. The number of hydrogen-bond donors (Lipinski definition) is 1. The number of carbonyl (C=O) groups excluding carboxylic acids is 1. The third-order valence-corrected chi connectivity index (χ3v) is 7.61. The molecule has 0 saturated carbocycles. The Bertz CT molecular complexity index is 1320. The normalized spacial score (nSPS) is 13.2. The maximum Gasteiger partial charge on any atom is 0.407 e. The molecule has 0 saturated heterocycles. The van der Waals surface area contributed by atoms with Crippen LogP contribution in [0.25, 0.3) is 26.4 Å². The lowest BCUT2D eigenvalue weighted by Gasteiger charge is -2.20. The molecule has 36 heavy (non-hydrogen) atoms. The maximum absolute atomic E-state index is 13.2. The van der Waals surface area contributed by atoms with Gasteiger partial charge in [-0.2, -0.15) is 13.2 Å². The van der Waals surface area contributed by atoms with E-state index >= 15 is 0 Å². The summed E-state index contributed by atoms with van der Waals surface area (Å²) >= 11 is 1.50. The Morgan fingerprint density at radius 2 is 1.83 bits per heavy atom. The zero-order chi connectivity index (χ0) is 25.9. The first-order valence-corrected chi connectivity index (χ1v) is 13.1. The maximum atomic E-state index is 13.2. The first kappa shape index (κ1) is 26.3. The topological polar surface area (TPSA) is 49.6 Å². The Hall–Kier alpha value is -2.75. The Balaban J connectivity index is 1.48. The molecule has 2 aromatic carbocycles. The van der Waals surface area contributed by atoms with Crippen LogP contribution in [0.4, 0.5) is 13.2 Å². The van der Waals surface area contributed by atoms with Gasteiger partial charge in [0.1, 0.15) is 6.04 Å². The minimum Gasteiger partial charge on any atom is -0.306 e. The molecule has 0 spiro atoms. The summed E-state index contributed by atoms with van der Waals surface area (Å²) in [4.78, 5) is 20.5. The molecule has 0 aliphatic heterocycles. The van der Waals surface area contributed by atoms with Crippen molar-refractivity contribution in [3.63, 3.8) is 0 Å². The molecule has 5 nitrogen and oxygen atoms in total. The fourth-order valence-electron chi connectivity index (χ4n) is 4.48. The lowest BCUT2D eigenvalue weighted by Crippen LogP contribution is -2.31. The number of hydrogen-bond acceptors (Lipinski definition) is 5. The van der Waals surface area contributed by atoms with Crippen LogP contribution in [-0.2, 0) is 0 Å². The van der Waals surface area contributed by atoms with Crippen LogP contribution in [0.2, 0.25) is 0 Å². The van der Waals surface area contributed by atoms with E-state index in [1.807, 2.05) is 28.8 Å². The molecule has 0 unspecified atom stereocenters. The van der Waals surface area contributed by atoms with E-state index in [4.69, 9.17) is 0 Å². The Morgan fingerprint density at radius 1 is 1.11 bits per heavy atom. The number of unbranched alkanes of at least 4 members (excludes halogenated alkanes) is 1. The number of nitrogens with zero attached hydrogens (tertiary/aromatic N) is 3. The monoisotopic (exact) mass is 516 g/mol. The second-order valence-electron chi connectivity index (χ2n) is 8.86. The van der Waals surface area contributed by atoms with E-state index in [1.54, 1.807) is 12.1 Å². The molecule has 2 aromatic heterocycles. The summed E-state index contributed by atoms with van der Waals surface area (Å²) in [5.74, 6) is 0.155. The van der Waals surface area contributed by atoms with Gasteiger partial charge in [-0.25, -0.2) is 4.98 Å². The van der Waals surface area contributed by atoms with Crippen LogP contribution in [0.1, 0.15) is 55.1 Å². The summed E-state index contributed by atoms with van der Waals surface area (Å²) in [5.41, 5.74) is 3.27. The molecule has 0 aliphatic carbocycles. The van der Waals surface area contributed by atoms with Gasteiger partial charge in [-0.05, 0) is 63.3 Å². The smallest absolute Gasteiger partial charge is 0.306 e. The van der Waals surface area contributed by atoms with Crippen LogP contribution >= 0.6 is 11.3 Å². The number of imidazole rings is 1. The third-order valence-electron chi connectivity index (χ3n) is 6.59. The van der Waals surface area contributed by atoms with Gasteiger partial charge in [-0.3, -0.25) is 9.20 Å². The van der Waals surface area contributed by atoms with Crippen molar-refractivity contribution in [3.05, 3.63) is 59.8 Å². The molecule has 0 radical (unpaired) electrons. The number of carbonyl (C=O) groups is 1. The highest BCUT2D eigenvalue weighted by atomic mass is 32.1. The second kappa shape index (κ2) is 11.1. The molecular formula is C27H31F3N4OS. The summed E-state index contributed by atoms with van der Waals surface area (Å²) in [6.45, 7) is 7.38. The number of ketones is 1. The van der Waals surface area contributed by atoms with Gasteiger partial charge >= 0.3 is 6.18 Å². The minimum absolute atomic E-state index is 0.155. The molecule has 1 N–H and O–H groups in total. The molecule has 0 bridgehead atoms. The predicted molar refractivity (Wildman–Crippen MR) is 140 cm³/mol. The standard InChI is InChI=1S/C27H31F3N4OS/c1-4-33(5-2)15-7-6-8-23(35)20-13-14-22-24(16-20)36-26-32-21(17-34(22)26)18-9-11-19(12-10-18)25(31-3)27(28,29)30/h9-14,16-17,25,31H,4-8,15H2,1-3H3/t25-/m0/s1. The van der Waals surface area contributed by atoms with E-state index in [1.165, 1.54) is 30.5 Å². The summed E-state index contributed by atoms with van der Waals surface area (Å²) in [7, 11) is 1.30. The molecule has 0 fully saturated rings. The van der Waals surface area contributed by atoms with Gasteiger partial charge in [-0.15, -0.1) is 0 Å². The fraction of sp³-hybridized carbons (Fsp3) is 0.407. The van der Waals surface area contributed by atoms with Crippen LogP contribution in [-0.4, -0.2) is 52.9 Å². The van der Waals surface area contributed by atoms with E-state index in [0.717, 1.165) is 58.8 Å². The van der Waals surface area contributed by atoms with Crippen molar-refractivity contribution in [2.45, 2.75) is 45.3 Å². The highest BCUT2D eigenvalue weighted by Gasteiger charge is 2.39. The number of benzene rings is 2. The molecular weight excluding hydrogens is 485 g/mol. The number of alkyl halides is 3. The number of Topliss-reactive ketones (excluding diaryl/α,β-unsaturated/α-hetero) is 1. The van der Waals surface area contributed by atoms with Gasteiger partial charge in [0.2, 0.25) is 0 Å². The van der Waals surface area contributed by atoms with Gasteiger partial charge in [-0.1, -0.05) is 49.4 Å². The number of aromatic nitrogens is 2. The largest absolute Gasteiger partial charge is 0.407 e. The lowest BCUT2D eigenvalue weighted by atomic mass is 10.0. The average molecular weight is 517 g/mol. The highest BCUT2D eigenvalue weighted by Crippen LogP contribution is 2.34. The third kappa shape index (κ3) is 5.63. The summed E-state index contributed by atoms with van der Waals surface area (Å²) < 4.78 is 42.5. The van der Waals surface area contributed by atoms with Gasteiger partial charge in [0.05, 0.1) is 15.9 Å². The van der Waals surface area contributed by atoms with Crippen LogP contribution < -0.4 is 5.32 Å². The SMILES string of the molecule is CCN(CC)CCCCC(=O)c1ccc2c(c1)sc1nc(-c3ccc([C@H](NC)C(F)(F)F)cc3)cn12. The zero-order valence-corrected chi connectivity index (χ0v) is 21.5. The molecule has 4 rings (SSSR count). The first-order valence-electron chi connectivity index (χ1n) is 12.3. The van der Waals surface area contributed by atoms with Crippen LogP contribution in [0.15, 0.2) is 48.7 Å². The Labute approximate surface area is 212 Å². The number of nitrogens with one attached hydrogen (secondary N) is 1. The van der Waals surface area contributed by atoms with Crippen molar-refractivity contribution in [2.24, 2.45) is 0 Å². The van der Waals surface area contributed by atoms with Crippen molar-refractivity contribution in [3.8, 4) is 11.3 Å². The van der Waals surface area contributed by atoms with Crippen LogP contribution in [0, 0.1) is 0 Å². The quantitative estimate of drug-likeness (QED) is 0.177. The molecule has 2 heterocycles. The van der Waals surface area contributed by atoms with E-state index in [-0.39, 0.29) is 11.3 Å². The second-order valence-corrected chi connectivity index (χ2v) is 9.86. The molecule has 0 aliphatic rings. The summed E-state index contributed by atoms with van der Waals surface area (Å²) in [6.07, 6.45) is -0.0491. The summed E-state index contributed by atoms with van der Waals surface area (Å²) in [6, 6.07) is 10.3. The van der Waals surface area contributed by atoms with E-state index in [0.29, 0.717) is 12.1 Å². The molecule has 4 aromatic rings. The number of thiazole rings is 1. The average Bonchev–Trinajstić information content (AvgIpc) is 3.41.